The fourth-order valence-electron chi connectivity index (χ4n) is 3.00. The third-order valence-electron chi connectivity index (χ3n) is 4.27. The highest BCUT2D eigenvalue weighted by Crippen LogP contribution is 2.23. The SMILES string of the molecule is COCCN1Cc2nnc(CCc3ccccc3)n2[C@@H](C)C1=O. The van der Waals surface area contributed by atoms with E-state index in [9.17, 15) is 4.79 Å². The van der Waals surface area contributed by atoms with Gasteiger partial charge in [0, 0.05) is 20.1 Å². The highest BCUT2D eigenvalue weighted by molar-refractivity contribution is 5.81. The monoisotopic (exact) mass is 314 g/mol. The lowest BCUT2D eigenvalue weighted by Crippen LogP contribution is -2.43. The van der Waals surface area contributed by atoms with Crippen LogP contribution in [0.4, 0.5) is 0 Å². The molecule has 23 heavy (non-hydrogen) atoms. The zero-order valence-corrected chi connectivity index (χ0v) is 13.6. The second-order valence-electron chi connectivity index (χ2n) is 5.82. The standard InChI is InChI=1S/C17H22N4O2/c1-13-17(22)20(10-11-23-2)12-16-19-18-15(21(13)16)9-8-14-6-4-3-5-7-14/h3-7,13H,8-12H2,1-2H3/t13-/m0/s1. The van der Waals surface area contributed by atoms with Gasteiger partial charge in [-0.25, -0.2) is 0 Å². The maximum atomic E-state index is 12.5. The Hall–Kier alpha value is -2.21. The normalized spacial score (nSPS) is 17.4. The van der Waals surface area contributed by atoms with Crippen molar-refractivity contribution in [1.29, 1.82) is 0 Å². The van der Waals surface area contributed by atoms with Crippen LogP contribution in [0.2, 0.25) is 0 Å². The van der Waals surface area contributed by atoms with E-state index in [1.54, 1.807) is 12.0 Å². The average Bonchev–Trinajstić information content (AvgIpc) is 2.99. The fraction of sp³-hybridized carbons (Fsp3) is 0.471. The van der Waals surface area contributed by atoms with Crippen LogP contribution < -0.4 is 0 Å². The lowest BCUT2D eigenvalue weighted by atomic mass is 10.1. The topological polar surface area (TPSA) is 60.2 Å². The highest BCUT2D eigenvalue weighted by Gasteiger charge is 2.32. The summed E-state index contributed by atoms with van der Waals surface area (Å²) >= 11 is 0. The molecule has 3 rings (SSSR count). The second-order valence-corrected chi connectivity index (χ2v) is 5.82. The van der Waals surface area contributed by atoms with Gasteiger partial charge in [-0.05, 0) is 18.9 Å². The Morgan fingerprint density at radius 3 is 2.74 bits per heavy atom. The van der Waals surface area contributed by atoms with Gasteiger partial charge in [0.2, 0.25) is 5.91 Å². The van der Waals surface area contributed by atoms with Gasteiger partial charge < -0.3 is 14.2 Å². The molecule has 6 heteroatoms. The van der Waals surface area contributed by atoms with E-state index in [1.807, 2.05) is 29.7 Å². The zero-order chi connectivity index (χ0) is 16.2. The van der Waals surface area contributed by atoms with Crippen LogP contribution in [0.15, 0.2) is 30.3 Å². The summed E-state index contributed by atoms with van der Waals surface area (Å²) in [6.07, 6.45) is 1.68. The molecular weight excluding hydrogens is 292 g/mol. The van der Waals surface area contributed by atoms with E-state index in [1.165, 1.54) is 5.56 Å². The molecule has 0 radical (unpaired) electrons. The van der Waals surface area contributed by atoms with Crippen molar-refractivity contribution in [1.82, 2.24) is 19.7 Å². The zero-order valence-electron chi connectivity index (χ0n) is 13.6. The van der Waals surface area contributed by atoms with Crippen molar-refractivity contribution in [2.24, 2.45) is 0 Å². The summed E-state index contributed by atoms with van der Waals surface area (Å²) in [5, 5.41) is 8.61. The average molecular weight is 314 g/mol. The molecule has 0 aliphatic carbocycles. The highest BCUT2D eigenvalue weighted by atomic mass is 16.5. The maximum Gasteiger partial charge on any atom is 0.245 e. The number of hydrogen-bond acceptors (Lipinski definition) is 4. The van der Waals surface area contributed by atoms with Crippen LogP contribution in [0.25, 0.3) is 0 Å². The first-order valence-electron chi connectivity index (χ1n) is 7.95. The summed E-state index contributed by atoms with van der Waals surface area (Å²) in [4.78, 5) is 14.3. The number of carbonyl (C=O) groups is 1. The van der Waals surface area contributed by atoms with Gasteiger partial charge in [-0.2, -0.15) is 0 Å². The number of nitrogens with zero attached hydrogens (tertiary/aromatic N) is 4. The number of hydrogen-bond donors (Lipinski definition) is 0. The minimum atomic E-state index is -0.253. The van der Waals surface area contributed by atoms with Crippen molar-refractivity contribution in [2.75, 3.05) is 20.3 Å². The molecule has 1 aromatic heterocycles. The number of ether oxygens (including phenoxy) is 1. The summed E-state index contributed by atoms with van der Waals surface area (Å²) in [6.45, 7) is 3.55. The number of methoxy groups -OCH3 is 1. The van der Waals surface area contributed by atoms with Crippen LogP contribution in [-0.4, -0.2) is 45.8 Å². The molecule has 1 aliphatic rings. The minimum absolute atomic E-state index is 0.107. The molecule has 122 valence electrons. The number of carbonyl (C=O) groups excluding carboxylic acids is 1. The Bertz CT molecular complexity index is 668. The van der Waals surface area contributed by atoms with Gasteiger partial charge in [0.1, 0.15) is 11.9 Å². The Kier molecular flexibility index (Phi) is 4.71. The molecule has 1 amide bonds. The minimum Gasteiger partial charge on any atom is -0.383 e. The first-order chi connectivity index (χ1) is 11.2. The summed E-state index contributed by atoms with van der Waals surface area (Å²) < 4.78 is 7.07. The van der Waals surface area contributed by atoms with Gasteiger partial charge in [0.25, 0.3) is 0 Å². The van der Waals surface area contributed by atoms with Crippen molar-refractivity contribution >= 4 is 5.91 Å². The lowest BCUT2D eigenvalue weighted by Gasteiger charge is -2.32. The van der Waals surface area contributed by atoms with Crippen LogP contribution in [0.5, 0.6) is 0 Å². The Balaban J connectivity index is 1.74. The molecule has 0 fully saturated rings. The number of aryl methyl sites for hydroxylation is 2. The summed E-state index contributed by atoms with van der Waals surface area (Å²) in [7, 11) is 1.64. The first-order valence-corrected chi connectivity index (χ1v) is 7.95. The van der Waals surface area contributed by atoms with Gasteiger partial charge in [-0.1, -0.05) is 30.3 Å². The van der Waals surface area contributed by atoms with E-state index in [-0.39, 0.29) is 11.9 Å². The Labute approximate surface area is 136 Å². The van der Waals surface area contributed by atoms with E-state index in [0.29, 0.717) is 19.7 Å². The maximum absolute atomic E-state index is 12.5. The van der Waals surface area contributed by atoms with Crippen LogP contribution in [0.1, 0.15) is 30.2 Å². The summed E-state index contributed by atoms with van der Waals surface area (Å²) in [5.41, 5.74) is 1.27. The van der Waals surface area contributed by atoms with Crippen molar-refractivity contribution in [3.05, 3.63) is 47.5 Å². The van der Waals surface area contributed by atoms with Crippen LogP contribution >= 0.6 is 0 Å². The first kappa shape index (κ1) is 15.7. The molecule has 0 saturated carbocycles. The van der Waals surface area contributed by atoms with E-state index in [2.05, 4.69) is 22.3 Å². The molecule has 1 aliphatic heterocycles. The molecule has 2 aromatic rings. The molecular formula is C17H22N4O2. The third-order valence-corrected chi connectivity index (χ3v) is 4.27. The van der Waals surface area contributed by atoms with Crippen LogP contribution in [0.3, 0.4) is 0 Å². The molecule has 6 nitrogen and oxygen atoms in total. The van der Waals surface area contributed by atoms with Crippen molar-refractivity contribution in [2.45, 2.75) is 32.4 Å². The predicted molar refractivity (Wildman–Crippen MR) is 85.9 cm³/mol. The molecule has 0 unspecified atom stereocenters. The van der Waals surface area contributed by atoms with E-state index >= 15 is 0 Å². The molecule has 1 aromatic carbocycles. The summed E-state index contributed by atoms with van der Waals surface area (Å²) in [5.74, 6) is 1.85. The molecule has 2 heterocycles. The molecule has 0 bridgehead atoms. The van der Waals surface area contributed by atoms with Crippen LogP contribution in [0, 0.1) is 0 Å². The fourth-order valence-corrected chi connectivity index (χ4v) is 3.00. The predicted octanol–water partition coefficient (Wildman–Crippen LogP) is 1.61. The number of fused-ring (bicyclic) bond motifs is 1. The van der Waals surface area contributed by atoms with Crippen molar-refractivity contribution in [3.8, 4) is 0 Å². The van der Waals surface area contributed by atoms with Gasteiger partial charge in [-0.15, -0.1) is 10.2 Å². The largest absolute Gasteiger partial charge is 0.383 e. The van der Waals surface area contributed by atoms with Gasteiger partial charge in [0.15, 0.2) is 5.82 Å². The van der Waals surface area contributed by atoms with Gasteiger partial charge in [-0.3, -0.25) is 4.79 Å². The molecule has 0 spiro atoms. The number of aromatic nitrogens is 3. The molecule has 1 atom stereocenters. The van der Waals surface area contributed by atoms with E-state index < -0.39 is 0 Å². The Morgan fingerprint density at radius 1 is 1.22 bits per heavy atom. The number of rotatable bonds is 6. The Morgan fingerprint density at radius 2 is 2.00 bits per heavy atom. The third kappa shape index (κ3) is 3.27. The van der Waals surface area contributed by atoms with Crippen molar-refractivity contribution in [3.63, 3.8) is 0 Å². The lowest BCUT2D eigenvalue weighted by molar-refractivity contribution is -0.137. The van der Waals surface area contributed by atoms with Gasteiger partial charge >= 0.3 is 0 Å². The van der Waals surface area contributed by atoms with Gasteiger partial charge in [0.05, 0.1) is 13.2 Å². The summed E-state index contributed by atoms with van der Waals surface area (Å²) in [6, 6.07) is 10.0. The molecule has 0 N–H and O–H groups in total. The smallest absolute Gasteiger partial charge is 0.245 e. The quantitative estimate of drug-likeness (QED) is 0.813. The van der Waals surface area contributed by atoms with Crippen LogP contribution in [-0.2, 0) is 28.9 Å². The van der Waals surface area contributed by atoms with Crippen molar-refractivity contribution < 1.29 is 9.53 Å². The second kappa shape index (κ2) is 6.91. The molecule has 0 saturated heterocycles. The number of amides is 1. The van der Waals surface area contributed by atoms with E-state index in [0.717, 1.165) is 24.5 Å². The number of benzene rings is 1. The van der Waals surface area contributed by atoms with E-state index in [4.69, 9.17) is 4.74 Å².